The number of aliphatic hydroxyl groups excluding tert-OH is 2. The maximum Gasteiger partial charge on any atom is 0.328 e. The van der Waals surface area contributed by atoms with Crippen LogP contribution in [0.25, 0.3) is 0 Å². The Hall–Kier alpha value is -5.22. The van der Waals surface area contributed by atoms with Crippen molar-refractivity contribution in [1.29, 1.82) is 0 Å². The molecule has 496 valence electrons. The molecule has 2 aliphatic rings. The minimum atomic E-state index is -1.16. The molecule has 0 aliphatic carbocycles. The molecule has 2 fully saturated rings. The van der Waals surface area contributed by atoms with E-state index < -0.39 is 101 Å². The fourth-order valence-corrected chi connectivity index (χ4v) is 11.0. The van der Waals surface area contributed by atoms with Gasteiger partial charge in [-0.1, -0.05) is 39.0 Å². The predicted molar refractivity (Wildman–Crippen MR) is 327 cm³/mol. The Bertz CT molecular complexity index is 2110. The molecule has 0 spiro atoms. The van der Waals surface area contributed by atoms with Gasteiger partial charge < -0.3 is 63.4 Å². The molecule has 0 radical (unpaired) electrons. The number of hydrogen-bond donors (Lipinski definition) is 4. The van der Waals surface area contributed by atoms with Crippen LogP contribution in [0.2, 0.25) is 0 Å². The number of hydrogen-bond acceptors (Lipinski definition) is 17. The summed E-state index contributed by atoms with van der Waals surface area (Å²) in [7, 11) is 5.90. The van der Waals surface area contributed by atoms with Crippen LogP contribution in [0.3, 0.4) is 0 Å². The first-order chi connectivity index (χ1) is 39.9. The Labute approximate surface area is 514 Å². The molecule has 0 aromatic heterocycles. The van der Waals surface area contributed by atoms with E-state index in [1.807, 2.05) is 18.2 Å². The number of aliphatic carboxylic acids is 2. The van der Waals surface area contributed by atoms with E-state index in [4.69, 9.17) is 33.2 Å². The highest BCUT2D eigenvalue weighted by Gasteiger charge is 2.46. The lowest BCUT2D eigenvalue weighted by Crippen LogP contribution is -2.47. The maximum absolute atomic E-state index is 13.7. The third-order valence-electron chi connectivity index (χ3n) is 14.8. The Balaban J connectivity index is 0.00000128. The minimum Gasteiger partial charge on any atom is -0.481 e. The average molecular weight is 1230 g/mol. The second kappa shape index (κ2) is 40.3. The van der Waals surface area contributed by atoms with Crippen molar-refractivity contribution in [3.63, 3.8) is 0 Å². The predicted octanol–water partition coefficient (Wildman–Crippen LogP) is 9.03. The number of carbonyl (C=O) groups is 8. The molecular formula is C65H112N2O19. The molecule has 21 heteroatoms. The van der Waals surface area contributed by atoms with Crippen molar-refractivity contribution in [2.75, 3.05) is 61.3 Å². The second-order valence-electron chi connectivity index (χ2n) is 26.4. The summed E-state index contributed by atoms with van der Waals surface area (Å²) < 4.78 is 37.0. The van der Waals surface area contributed by atoms with Gasteiger partial charge in [0.05, 0.1) is 56.3 Å². The van der Waals surface area contributed by atoms with Crippen LogP contribution in [0.1, 0.15) is 173 Å². The fraction of sp³-hybridized carbons (Fsp3) is 0.785. The van der Waals surface area contributed by atoms with Crippen LogP contribution in [0.4, 0.5) is 0 Å². The van der Waals surface area contributed by atoms with Crippen LogP contribution in [0.15, 0.2) is 38.0 Å². The lowest BCUT2D eigenvalue weighted by molar-refractivity contribution is -0.162. The zero-order chi connectivity index (χ0) is 66.3. The van der Waals surface area contributed by atoms with Crippen molar-refractivity contribution < 1.29 is 91.9 Å². The Morgan fingerprint density at radius 2 is 0.791 bits per heavy atom. The van der Waals surface area contributed by atoms with Crippen LogP contribution in [-0.4, -0.2) is 180 Å². The number of amides is 2. The van der Waals surface area contributed by atoms with Gasteiger partial charge >= 0.3 is 35.8 Å². The molecule has 4 N–H and O–H groups in total. The van der Waals surface area contributed by atoms with Gasteiger partial charge in [0.2, 0.25) is 11.8 Å². The molecule has 86 heavy (non-hydrogen) atoms. The smallest absolute Gasteiger partial charge is 0.328 e. The number of aliphatic hydroxyl groups is 2. The van der Waals surface area contributed by atoms with Crippen molar-refractivity contribution in [3.8, 4) is 0 Å². The quantitative estimate of drug-likeness (QED) is 0.0261. The molecule has 0 bridgehead atoms. The van der Waals surface area contributed by atoms with Crippen molar-refractivity contribution in [3.05, 3.63) is 38.0 Å². The summed E-state index contributed by atoms with van der Waals surface area (Å²) in [6.45, 7) is 34.2. The van der Waals surface area contributed by atoms with Crippen molar-refractivity contribution in [2.45, 2.75) is 214 Å². The molecule has 2 aliphatic heterocycles. The van der Waals surface area contributed by atoms with Gasteiger partial charge in [-0.05, 0) is 156 Å². The van der Waals surface area contributed by atoms with E-state index in [-0.39, 0.29) is 93.9 Å². The summed E-state index contributed by atoms with van der Waals surface area (Å²) in [5.41, 5.74) is -2.00. The number of nitrogens with zero attached hydrogens (tertiary/aromatic N) is 2. The number of methoxy groups -OCH3 is 4. The highest BCUT2D eigenvalue weighted by atomic mass is 16.6. The maximum atomic E-state index is 13.7. The number of β-amino-alcohol motifs (C(OH)–C–C–N with tert-alkyl or cyclic N) is 2. The number of ether oxygens (including phenoxy) is 7. The highest BCUT2D eigenvalue weighted by Crippen LogP contribution is 2.35. The van der Waals surface area contributed by atoms with Crippen LogP contribution < -0.4 is 0 Å². The van der Waals surface area contributed by atoms with Crippen LogP contribution in [0, 0.1) is 53.3 Å². The number of esters is 4. The van der Waals surface area contributed by atoms with Crippen LogP contribution >= 0.6 is 0 Å². The van der Waals surface area contributed by atoms with Crippen LogP contribution in [0.5, 0.6) is 0 Å². The number of carboxylic acid groups (broad SMARTS) is 2. The first-order valence-corrected chi connectivity index (χ1v) is 30.4. The zero-order valence-electron chi connectivity index (χ0n) is 55.1. The monoisotopic (exact) mass is 1220 g/mol. The lowest BCUT2D eigenvalue weighted by Gasteiger charge is -2.33. The van der Waals surface area contributed by atoms with Gasteiger partial charge in [0.1, 0.15) is 28.9 Å². The van der Waals surface area contributed by atoms with Crippen molar-refractivity contribution >= 4 is 47.6 Å². The van der Waals surface area contributed by atoms with Gasteiger partial charge in [0, 0.05) is 67.1 Å². The fourth-order valence-electron chi connectivity index (χ4n) is 11.0. The van der Waals surface area contributed by atoms with E-state index >= 15 is 0 Å². The van der Waals surface area contributed by atoms with Gasteiger partial charge in [-0.25, -0.2) is 9.59 Å². The summed E-state index contributed by atoms with van der Waals surface area (Å²) >= 11 is 0. The van der Waals surface area contributed by atoms with E-state index in [1.165, 1.54) is 24.0 Å². The SMILES string of the molecule is C=CCCC(C)C[C@@H](COC)C(CC(=O)OC(C)(C)C)C(=O)O.C=CCCC(C)C[C@@H](COC)[C@H](CC(=O)OC(C)(C)C)C(=O)N1C[C@H](O)C[C@H]1C(=O)O.C=CCCC(C)C[C@@H](COC)[C@H](CC(=O)OC(C)(C)C)C(=O)N1C[C@H](O)C[C@H]1C(=O)OC. The number of rotatable bonds is 35. The third-order valence-corrected chi connectivity index (χ3v) is 14.8. The largest absolute Gasteiger partial charge is 0.481 e. The lowest BCUT2D eigenvalue weighted by atomic mass is 9.81. The van der Waals surface area contributed by atoms with E-state index in [9.17, 15) is 58.8 Å². The van der Waals surface area contributed by atoms with Crippen molar-refractivity contribution in [1.82, 2.24) is 9.80 Å². The Morgan fingerprint density at radius 1 is 0.500 bits per heavy atom. The van der Waals surface area contributed by atoms with Gasteiger partial charge in [-0.15, -0.1) is 19.7 Å². The molecule has 0 aromatic rings. The van der Waals surface area contributed by atoms with E-state index in [1.54, 1.807) is 76.5 Å². The van der Waals surface area contributed by atoms with Gasteiger partial charge in [-0.2, -0.15) is 0 Å². The highest BCUT2D eigenvalue weighted by molar-refractivity contribution is 5.90. The first kappa shape index (κ1) is 80.8. The average Bonchev–Trinajstić information content (AvgIpc) is 3.80. The molecule has 13 atom stereocenters. The van der Waals surface area contributed by atoms with E-state index in [0.717, 1.165) is 38.5 Å². The molecule has 2 saturated heterocycles. The normalized spacial score (nSPS) is 20.1. The van der Waals surface area contributed by atoms with Crippen molar-refractivity contribution in [2.24, 2.45) is 53.3 Å². The Morgan fingerprint density at radius 3 is 1.06 bits per heavy atom. The molecule has 2 rings (SSSR count). The molecule has 2 amide bonds. The molecule has 2 heterocycles. The Kier molecular flexibility index (Phi) is 37.9. The van der Waals surface area contributed by atoms with Gasteiger partial charge in [0.25, 0.3) is 0 Å². The number of likely N-dealkylation sites (tertiary alicyclic amines) is 2. The topological polar surface area (TPSA) is 289 Å². The number of carbonyl (C=O) groups excluding carboxylic acids is 6. The number of allylic oxidation sites excluding steroid dienone is 3. The standard InChI is InChI=1S/C24H41NO7.C23H39NO7.C18H32O5/c1-8-9-10-16(2)11-17(15-30-6)19(13-21(27)32-24(3,4)5)22(28)25-14-18(26)12-20(25)23(29)31-7;1-7-8-9-15(2)10-16(14-30-6)18(12-20(26)31-23(3,4)5)21(27)24-13-17(25)11-19(24)22(28)29;1-7-8-9-13(2)10-14(12-22-6)15(17(20)21)11-16(19)23-18(3,4)5/h8,16-20,26H,1,9-15H2,2-7H3;7,15-19,25H,1,8-14H2,2-6H3,(H,28,29);7,13-15H,1,8-12H2,2-6H3,(H,20,21)/t16?,17-,18+,19-,20-;15?,16-,17+,18-,19-;13?,14-,15?/m000/s1. The summed E-state index contributed by atoms with van der Waals surface area (Å²) in [5, 5.41) is 39.2. The zero-order valence-corrected chi connectivity index (χ0v) is 55.1. The first-order valence-electron chi connectivity index (χ1n) is 30.4. The third kappa shape index (κ3) is 32.7. The molecule has 0 aromatic carbocycles. The molecule has 21 nitrogen and oxygen atoms in total. The van der Waals surface area contributed by atoms with Crippen LogP contribution in [-0.2, 0) is 71.5 Å². The molecule has 0 saturated carbocycles. The van der Waals surface area contributed by atoms with E-state index in [2.05, 4.69) is 40.5 Å². The molecular weight excluding hydrogens is 1110 g/mol. The van der Waals surface area contributed by atoms with Gasteiger partial charge in [-0.3, -0.25) is 28.8 Å². The van der Waals surface area contributed by atoms with Gasteiger partial charge in [0.15, 0.2) is 0 Å². The summed E-state index contributed by atoms with van der Waals surface area (Å²) in [4.78, 5) is 103. The summed E-state index contributed by atoms with van der Waals surface area (Å²) in [6.07, 6.45) is 10.8. The number of carboxylic acids is 2. The van der Waals surface area contributed by atoms with E-state index in [0.29, 0.717) is 31.8 Å². The molecule has 4 unspecified atom stereocenters. The summed E-state index contributed by atoms with van der Waals surface area (Å²) in [5.74, 6) is -7.23. The second-order valence-corrected chi connectivity index (χ2v) is 26.4. The summed E-state index contributed by atoms with van der Waals surface area (Å²) in [6, 6.07) is -1.98. The minimum absolute atomic E-state index is 0.0229.